The van der Waals surface area contributed by atoms with Gasteiger partial charge in [-0.25, -0.2) is 9.97 Å². The fourth-order valence-electron chi connectivity index (χ4n) is 3.21. The maximum atomic E-state index is 7.67. The second-order valence-corrected chi connectivity index (χ2v) is 5.83. The van der Waals surface area contributed by atoms with Crippen molar-refractivity contribution in [2.24, 2.45) is 0 Å². The van der Waals surface area contributed by atoms with Gasteiger partial charge in [-0.1, -0.05) is 31.5 Å². The summed E-state index contributed by atoms with van der Waals surface area (Å²) in [6, 6.07) is 3.90. The van der Waals surface area contributed by atoms with Gasteiger partial charge in [-0.3, -0.25) is 0 Å². The molecule has 0 amide bonds. The molecular weight excluding hydrogens is 308 g/mol. The fourth-order valence-corrected chi connectivity index (χ4v) is 3.46. The number of nitrogens with two attached hydrogens (primary N) is 1. The quantitative estimate of drug-likeness (QED) is 0.489. The van der Waals surface area contributed by atoms with Crippen LogP contribution in [-0.4, -0.2) is 16.2 Å². The Bertz CT molecular complexity index is 712. The van der Waals surface area contributed by atoms with E-state index in [2.05, 4.69) is 16.9 Å². The van der Waals surface area contributed by atoms with Crippen molar-refractivity contribution >= 4 is 23.5 Å². The minimum absolute atomic E-state index is 0.323. The van der Waals surface area contributed by atoms with Crippen LogP contribution in [0.2, 0.25) is 5.15 Å². The van der Waals surface area contributed by atoms with Crippen molar-refractivity contribution < 1.29 is 0 Å². The van der Waals surface area contributed by atoms with Crippen molar-refractivity contribution in [1.82, 2.24) is 9.97 Å². The van der Waals surface area contributed by atoms with Crippen molar-refractivity contribution in [1.29, 1.82) is 5.41 Å². The molecule has 3 rings (SSSR count). The van der Waals surface area contributed by atoms with Crippen LogP contribution >= 0.6 is 11.6 Å². The summed E-state index contributed by atoms with van der Waals surface area (Å²) < 4.78 is 0. The number of nitrogen functional groups attached to an aromatic ring is 1. The largest absolute Gasteiger partial charge is 0.398 e. The molecule has 1 unspecified atom stereocenters. The molecule has 1 aromatic heterocycles. The number of anilines is 1. The van der Waals surface area contributed by atoms with Crippen molar-refractivity contribution in [3.8, 4) is 0 Å². The van der Waals surface area contributed by atoms with Gasteiger partial charge in [-0.15, -0.1) is 0 Å². The fraction of sp³-hybridized carbons (Fsp3) is 0.389. The molecular formula is C18H23ClN4. The highest BCUT2D eigenvalue weighted by molar-refractivity contribution is 6.30. The van der Waals surface area contributed by atoms with Crippen LogP contribution in [0.1, 0.15) is 54.1 Å². The highest BCUT2D eigenvalue weighted by Gasteiger charge is 2.26. The summed E-state index contributed by atoms with van der Waals surface area (Å²) >= 11 is 6.14. The Kier molecular flexibility index (Phi) is 5.72. The number of nitrogens with one attached hydrogen (secondary N) is 1. The van der Waals surface area contributed by atoms with Gasteiger partial charge >= 0.3 is 0 Å². The van der Waals surface area contributed by atoms with Gasteiger partial charge in [0.05, 0.1) is 0 Å². The summed E-state index contributed by atoms with van der Waals surface area (Å²) in [4.78, 5) is 8.43. The third-order valence-corrected chi connectivity index (χ3v) is 4.58. The first kappa shape index (κ1) is 17.4. The SMILES string of the molecule is CC.Cc1ccc(N)c(C=N)c1C1CCc2c(Cl)ncnc2C1. The van der Waals surface area contributed by atoms with Crippen molar-refractivity contribution in [2.75, 3.05) is 5.73 Å². The van der Waals surface area contributed by atoms with Gasteiger partial charge in [0, 0.05) is 28.7 Å². The van der Waals surface area contributed by atoms with E-state index < -0.39 is 0 Å². The van der Waals surface area contributed by atoms with Crippen LogP contribution in [0.4, 0.5) is 5.69 Å². The number of fused-ring (bicyclic) bond motifs is 1. The molecule has 1 aliphatic rings. The van der Waals surface area contributed by atoms with Crippen molar-refractivity contribution in [3.63, 3.8) is 0 Å². The summed E-state index contributed by atoms with van der Waals surface area (Å²) in [6.45, 7) is 6.07. The number of aryl methyl sites for hydroxylation is 1. The van der Waals surface area contributed by atoms with E-state index in [0.717, 1.165) is 36.1 Å². The molecule has 5 heteroatoms. The molecule has 23 heavy (non-hydrogen) atoms. The van der Waals surface area contributed by atoms with Gasteiger partial charge in [0.25, 0.3) is 0 Å². The van der Waals surface area contributed by atoms with Crippen LogP contribution < -0.4 is 5.73 Å². The van der Waals surface area contributed by atoms with Gasteiger partial charge in [0.2, 0.25) is 0 Å². The van der Waals surface area contributed by atoms with Gasteiger partial charge < -0.3 is 11.1 Å². The summed E-state index contributed by atoms with van der Waals surface area (Å²) in [6.07, 6.45) is 5.55. The molecule has 1 aromatic carbocycles. The molecule has 0 saturated heterocycles. The van der Waals surface area contributed by atoms with Crippen molar-refractivity contribution in [2.45, 2.75) is 46.0 Å². The van der Waals surface area contributed by atoms with Crippen LogP contribution in [0.3, 0.4) is 0 Å². The van der Waals surface area contributed by atoms with E-state index >= 15 is 0 Å². The summed E-state index contributed by atoms with van der Waals surface area (Å²) in [5.74, 6) is 0.323. The van der Waals surface area contributed by atoms with Crippen molar-refractivity contribution in [3.05, 3.63) is 51.6 Å². The number of rotatable bonds is 2. The second-order valence-electron chi connectivity index (χ2n) is 5.47. The Morgan fingerprint density at radius 3 is 2.74 bits per heavy atom. The van der Waals surface area contributed by atoms with E-state index in [0.29, 0.717) is 16.8 Å². The predicted octanol–water partition coefficient (Wildman–Crippen LogP) is 4.32. The first-order valence-corrected chi connectivity index (χ1v) is 8.37. The molecule has 0 saturated carbocycles. The number of hydrogen-bond donors (Lipinski definition) is 2. The lowest BCUT2D eigenvalue weighted by molar-refractivity contribution is 0.567. The van der Waals surface area contributed by atoms with E-state index in [1.807, 2.05) is 26.0 Å². The molecule has 1 atom stereocenters. The monoisotopic (exact) mass is 330 g/mol. The zero-order valence-electron chi connectivity index (χ0n) is 13.9. The zero-order chi connectivity index (χ0) is 17.0. The average molecular weight is 331 g/mol. The molecule has 2 aromatic rings. The lowest BCUT2D eigenvalue weighted by atomic mass is 9.79. The summed E-state index contributed by atoms with van der Waals surface area (Å²) in [5, 5.41) is 8.23. The lowest BCUT2D eigenvalue weighted by Gasteiger charge is -2.27. The highest BCUT2D eigenvalue weighted by atomic mass is 35.5. The third kappa shape index (κ3) is 3.37. The van der Waals surface area contributed by atoms with Crippen LogP contribution in [-0.2, 0) is 12.8 Å². The Balaban J connectivity index is 0.000000924. The smallest absolute Gasteiger partial charge is 0.135 e. The number of nitrogens with zero attached hydrogens (tertiary/aromatic N) is 2. The first-order valence-electron chi connectivity index (χ1n) is 7.99. The molecule has 3 N–H and O–H groups in total. The molecule has 122 valence electrons. The maximum Gasteiger partial charge on any atom is 0.135 e. The zero-order valence-corrected chi connectivity index (χ0v) is 14.6. The molecule has 4 nitrogen and oxygen atoms in total. The van der Waals surface area contributed by atoms with Crippen LogP contribution in [0.25, 0.3) is 0 Å². The van der Waals surface area contributed by atoms with Crippen LogP contribution in [0.5, 0.6) is 0 Å². The van der Waals surface area contributed by atoms with Crippen LogP contribution in [0.15, 0.2) is 18.5 Å². The average Bonchev–Trinajstić information content (AvgIpc) is 2.58. The number of aromatic nitrogens is 2. The van der Waals surface area contributed by atoms with E-state index in [1.54, 1.807) is 0 Å². The molecule has 0 spiro atoms. The minimum Gasteiger partial charge on any atom is -0.398 e. The number of hydrogen-bond acceptors (Lipinski definition) is 4. The molecule has 0 aliphatic heterocycles. The Morgan fingerprint density at radius 2 is 2.04 bits per heavy atom. The Morgan fingerprint density at radius 1 is 1.30 bits per heavy atom. The minimum atomic E-state index is 0.323. The first-order chi connectivity index (χ1) is 11.1. The van der Waals surface area contributed by atoms with Gasteiger partial charge in [-0.05, 0) is 49.3 Å². The Labute approximate surface area is 142 Å². The summed E-state index contributed by atoms with van der Waals surface area (Å²) in [7, 11) is 0. The van der Waals surface area contributed by atoms with Gasteiger partial charge in [0.1, 0.15) is 11.5 Å². The molecule has 0 radical (unpaired) electrons. The molecule has 1 aliphatic carbocycles. The number of halogens is 1. The maximum absolute atomic E-state index is 7.67. The van der Waals surface area contributed by atoms with Gasteiger partial charge in [0.15, 0.2) is 0 Å². The topological polar surface area (TPSA) is 75.7 Å². The van der Waals surface area contributed by atoms with E-state index in [1.165, 1.54) is 23.7 Å². The molecule has 1 heterocycles. The Hall–Kier alpha value is -1.94. The van der Waals surface area contributed by atoms with Gasteiger partial charge in [-0.2, -0.15) is 0 Å². The lowest BCUT2D eigenvalue weighted by Crippen LogP contribution is -2.18. The van der Waals surface area contributed by atoms with E-state index in [-0.39, 0.29) is 0 Å². The highest BCUT2D eigenvalue weighted by Crippen LogP contribution is 2.37. The molecule has 0 fully saturated rings. The normalized spacial score (nSPS) is 16.1. The van der Waals surface area contributed by atoms with Crippen LogP contribution in [0, 0.1) is 12.3 Å². The molecule has 0 bridgehead atoms. The summed E-state index contributed by atoms with van der Waals surface area (Å²) in [5.41, 5.74) is 12.0. The standard InChI is InChI=1S/C16H17ClN4.C2H6/c1-9-2-5-13(19)12(7-18)15(9)10-3-4-11-14(6-10)20-8-21-16(11)17;1-2/h2,5,7-8,10,18H,3-4,6,19H2,1H3;1-2H3. The predicted molar refractivity (Wildman–Crippen MR) is 96.6 cm³/mol. The second kappa shape index (κ2) is 7.55. The number of benzene rings is 1. The third-order valence-electron chi connectivity index (χ3n) is 4.26. The van der Waals surface area contributed by atoms with E-state index in [9.17, 15) is 0 Å². The van der Waals surface area contributed by atoms with E-state index in [4.69, 9.17) is 22.7 Å².